The fraction of sp³-hybridized carbons (Fsp3) is 0.0526. The minimum absolute atomic E-state index is 0.226. The first kappa shape index (κ1) is 16.1. The summed E-state index contributed by atoms with van der Waals surface area (Å²) in [5, 5.41) is 0.769. The molecule has 0 saturated heterocycles. The highest BCUT2D eigenvalue weighted by atomic mass is 35.5. The van der Waals surface area contributed by atoms with Crippen LogP contribution in [0.2, 0.25) is 5.02 Å². The molecule has 0 fully saturated rings. The fourth-order valence-electron chi connectivity index (χ4n) is 2.53. The van der Waals surface area contributed by atoms with Gasteiger partial charge in [-0.2, -0.15) is 0 Å². The van der Waals surface area contributed by atoms with Gasteiger partial charge in [0.2, 0.25) is 0 Å². The molecule has 4 rings (SSSR count). The van der Waals surface area contributed by atoms with Crippen molar-refractivity contribution in [2.24, 2.45) is 0 Å². The summed E-state index contributed by atoms with van der Waals surface area (Å²) in [7, 11) is 0. The van der Waals surface area contributed by atoms with Crippen molar-refractivity contribution < 1.29 is 4.39 Å². The molecule has 0 aliphatic rings. The number of aromatic nitrogens is 3. The van der Waals surface area contributed by atoms with E-state index in [1.54, 1.807) is 24.0 Å². The predicted molar refractivity (Wildman–Crippen MR) is 100 cm³/mol. The Morgan fingerprint density at radius 2 is 1.96 bits per heavy atom. The zero-order valence-electron chi connectivity index (χ0n) is 13.0. The second-order valence-corrected chi connectivity index (χ2v) is 6.93. The number of nitrogens with one attached hydrogen (secondary N) is 1. The van der Waals surface area contributed by atoms with Crippen molar-refractivity contribution in [1.29, 1.82) is 0 Å². The van der Waals surface area contributed by atoms with Crippen molar-refractivity contribution in [1.82, 2.24) is 15.0 Å². The highest BCUT2D eigenvalue weighted by Crippen LogP contribution is 2.29. The number of halogens is 2. The van der Waals surface area contributed by atoms with Gasteiger partial charge in [0.15, 0.2) is 11.6 Å². The van der Waals surface area contributed by atoms with Gasteiger partial charge in [0.25, 0.3) is 0 Å². The Balaban J connectivity index is 1.60. The van der Waals surface area contributed by atoms with Crippen LogP contribution in [0.3, 0.4) is 0 Å². The number of benzene rings is 2. The Morgan fingerprint density at radius 3 is 2.80 bits per heavy atom. The lowest BCUT2D eigenvalue weighted by Crippen LogP contribution is -1.89. The first-order valence-electron chi connectivity index (χ1n) is 7.67. The van der Waals surface area contributed by atoms with Gasteiger partial charge in [-0.15, -0.1) is 11.8 Å². The molecule has 0 aliphatic heterocycles. The number of nitrogens with zero attached hydrogens (tertiary/aromatic N) is 2. The average Bonchev–Trinajstić information content (AvgIpc) is 3.04. The van der Waals surface area contributed by atoms with Crippen LogP contribution >= 0.6 is 23.4 Å². The summed E-state index contributed by atoms with van der Waals surface area (Å²) in [6.07, 6.45) is 1.55. The molecule has 0 spiro atoms. The second-order valence-electron chi connectivity index (χ2n) is 5.48. The molecule has 0 atom stereocenters. The molecule has 0 bridgehead atoms. The van der Waals surface area contributed by atoms with Crippen molar-refractivity contribution in [2.75, 3.05) is 0 Å². The van der Waals surface area contributed by atoms with E-state index in [0.29, 0.717) is 5.82 Å². The van der Waals surface area contributed by atoms with E-state index in [1.165, 1.54) is 6.07 Å². The molecule has 4 aromatic rings. The van der Waals surface area contributed by atoms with Crippen LogP contribution in [0.15, 0.2) is 65.7 Å². The van der Waals surface area contributed by atoms with Crippen LogP contribution in [0.4, 0.5) is 4.39 Å². The molecular weight excluding hydrogens is 357 g/mol. The average molecular weight is 370 g/mol. The maximum atomic E-state index is 13.9. The molecular formula is C19H13ClFN3S. The van der Waals surface area contributed by atoms with Gasteiger partial charge in [-0.3, -0.25) is 0 Å². The first-order chi connectivity index (χ1) is 12.2. The third kappa shape index (κ3) is 3.38. The van der Waals surface area contributed by atoms with Gasteiger partial charge < -0.3 is 4.98 Å². The summed E-state index contributed by atoms with van der Waals surface area (Å²) in [6, 6.07) is 16.7. The molecule has 0 aliphatic carbocycles. The van der Waals surface area contributed by atoms with E-state index in [4.69, 9.17) is 11.6 Å². The number of rotatable bonds is 4. The fourth-order valence-corrected chi connectivity index (χ4v) is 3.75. The lowest BCUT2D eigenvalue weighted by Gasteiger charge is -2.04. The molecule has 3 nitrogen and oxygen atoms in total. The van der Waals surface area contributed by atoms with Gasteiger partial charge in [0.1, 0.15) is 5.69 Å². The van der Waals surface area contributed by atoms with Crippen LogP contribution in [-0.2, 0) is 5.75 Å². The lowest BCUT2D eigenvalue weighted by molar-refractivity contribution is 0.624. The molecule has 2 heterocycles. The molecule has 0 saturated carbocycles. The van der Waals surface area contributed by atoms with Gasteiger partial charge in [0.05, 0.1) is 11.0 Å². The Hall–Kier alpha value is -2.37. The van der Waals surface area contributed by atoms with E-state index in [1.807, 2.05) is 42.5 Å². The van der Waals surface area contributed by atoms with E-state index >= 15 is 0 Å². The maximum absolute atomic E-state index is 13.9. The largest absolute Gasteiger partial charge is 0.337 e. The van der Waals surface area contributed by atoms with E-state index in [-0.39, 0.29) is 5.69 Å². The summed E-state index contributed by atoms with van der Waals surface area (Å²) in [5.74, 6) is 0.817. The SMILES string of the molecule is Fc1cccnc1-c1nc2ccc(SCc3ccccc3Cl)cc2[nH]1. The number of imidazole rings is 1. The van der Waals surface area contributed by atoms with Gasteiger partial charge in [-0.25, -0.2) is 14.4 Å². The number of hydrogen-bond acceptors (Lipinski definition) is 3. The topological polar surface area (TPSA) is 41.6 Å². The van der Waals surface area contributed by atoms with Gasteiger partial charge in [-0.1, -0.05) is 29.8 Å². The quantitative estimate of drug-likeness (QED) is 0.468. The minimum atomic E-state index is -0.394. The maximum Gasteiger partial charge on any atom is 0.160 e. The molecule has 0 radical (unpaired) electrons. The standard InChI is InChI=1S/C19H13ClFN3S/c20-14-5-2-1-4-12(14)11-25-13-7-8-16-17(10-13)24-19(23-16)18-15(21)6-3-9-22-18/h1-10H,11H2,(H,23,24). The van der Waals surface area contributed by atoms with Crippen LogP contribution in [0.1, 0.15) is 5.56 Å². The van der Waals surface area contributed by atoms with Gasteiger partial charge in [-0.05, 0) is 42.0 Å². The third-order valence-corrected chi connectivity index (χ3v) is 5.20. The molecule has 0 unspecified atom stereocenters. The van der Waals surface area contributed by atoms with Crippen LogP contribution in [-0.4, -0.2) is 15.0 Å². The minimum Gasteiger partial charge on any atom is -0.337 e. The second kappa shape index (κ2) is 6.86. The molecule has 2 aromatic heterocycles. The first-order valence-corrected chi connectivity index (χ1v) is 9.04. The van der Waals surface area contributed by atoms with Crippen molar-refractivity contribution in [3.63, 3.8) is 0 Å². The Labute approximate surface area is 153 Å². The van der Waals surface area contributed by atoms with Crippen molar-refractivity contribution in [3.8, 4) is 11.5 Å². The van der Waals surface area contributed by atoms with Crippen LogP contribution in [0.5, 0.6) is 0 Å². The van der Waals surface area contributed by atoms with Crippen LogP contribution in [0, 0.1) is 5.82 Å². The number of hydrogen-bond donors (Lipinski definition) is 1. The monoisotopic (exact) mass is 369 g/mol. The summed E-state index contributed by atoms with van der Waals surface area (Å²) < 4.78 is 13.9. The highest BCUT2D eigenvalue weighted by molar-refractivity contribution is 7.98. The number of thioether (sulfide) groups is 1. The lowest BCUT2D eigenvalue weighted by atomic mass is 10.2. The predicted octanol–water partition coefficient (Wildman–Crippen LogP) is 5.71. The zero-order chi connectivity index (χ0) is 17.2. The Bertz CT molecular complexity index is 1050. The van der Waals surface area contributed by atoms with E-state index in [2.05, 4.69) is 15.0 Å². The summed E-state index contributed by atoms with van der Waals surface area (Å²) in [6.45, 7) is 0. The summed E-state index contributed by atoms with van der Waals surface area (Å²) >= 11 is 7.89. The van der Waals surface area contributed by atoms with Gasteiger partial charge >= 0.3 is 0 Å². The molecule has 25 heavy (non-hydrogen) atoms. The van der Waals surface area contributed by atoms with Crippen LogP contribution in [0.25, 0.3) is 22.6 Å². The molecule has 6 heteroatoms. The van der Waals surface area contributed by atoms with E-state index in [0.717, 1.165) is 32.3 Å². The van der Waals surface area contributed by atoms with E-state index < -0.39 is 5.82 Å². The number of pyridine rings is 1. The molecule has 0 amide bonds. The zero-order valence-corrected chi connectivity index (χ0v) is 14.6. The highest BCUT2D eigenvalue weighted by Gasteiger charge is 2.11. The van der Waals surface area contributed by atoms with Crippen molar-refractivity contribution >= 4 is 34.4 Å². The third-order valence-electron chi connectivity index (χ3n) is 3.79. The number of fused-ring (bicyclic) bond motifs is 1. The van der Waals surface area contributed by atoms with Crippen LogP contribution < -0.4 is 0 Å². The van der Waals surface area contributed by atoms with Gasteiger partial charge in [0, 0.05) is 21.9 Å². The normalized spacial score (nSPS) is 11.1. The number of aromatic amines is 1. The van der Waals surface area contributed by atoms with Crippen molar-refractivity contribution in [3.05, 3.63) is 77.2 Å². The number of H-pyrrole nitrogens is 1. The summed E-state index contributed by atoms with van der Waals surface area (Å²) in [4.78, 5) is 12.7. The Kier molecular flexibility index (Phi) is 4.42. The molecule has 124 valence electrons. The van der Waals surface area contributed by atoms with Crippen molar-refractivity contribution in [2.45, 2.75) is 10.6 Å². The molecule has 1 N–H and O–H groups in total. The summed E-state index contributed by atoms with van der Waals surface area (Å²) in [5.41, 5.74) is 2.95. The smallest absolute Gasteiger partial charge is 0.160 e. The van der Waals surface area contributed by atoms with E-state index in [9.17, 15) is 4.39 Å². The Morgan fingerprint density at radius 1 is 1.08 bits per heavy atom. The molecule has 2 aromatic carbocycles.